The monoisotopic (exact) mass is 512 g/mol. The van der Waals surface area contributed by atoms with E-state index < -0.39 is 11.9 Å². The molecular weight excluding hydrogens is 483 g/mol. The van der Waals surface area contributed by atoms with E-state index >= 15 is 0 Å². The number of nitrogens with zero attached hydrogens (tertiary/aromatic N) is 3. The highest BCUT2D eigenvalue weighted by Gasteiger charge is 2.43. The zero-order chi connectivity index (χ0) is 26.6. The van der Waals surface area contributed by atoms with Gasteiger partial charge in [0.25, 0.3) is 5.91 Å². The number of urea groups is 1. The number of nitrogens with one attached hydrogen (secondary N) is 1. The fourth-order valence-corrected chi connectivity index (χ4v) is 4.92. The number of likely N-dealkylation sites (N-methyl/N-ethyl adjacent to an activating group) is 1. The van der Waals surface area contributed by atoms with E-state index in [2.05, 4.69) is 5.32 Å². The minimum atomic E-state index is -0.708. The van der Waals surface area contributed by atoms with Crippen LogP contribution < -0.4 is 5.32 Å². The number of hydrogen-bond acceptors (Lipinski definition) is 3. The Balaban J connectivity index is 1.34. The predicted octanol–water partition coefficient (Wildman–Crippen LogP) is 3.89. The maximum absolute atomic E-state index is 13.6. The molecule has 0 aromatic heterocycles. The summed E-state index contributed by atoms with van der Waals surface area (Å²) in [6.07, 6.45) is 0.690. The zero-order valence-corrected chi connectivity index (χ0v) is 21.1. The summed E-state index contributed by atoms with van der Waals surface area (Å²) in [7, 11) is 1.60. The van der Waals surface area contributed by atoms with Crippen molar-refractivity contribution in [2.24, 2.45) is 0 Å². The molecule has 3 aromatic carbocycles. The van der Waals surface area contributed by atoms with Gasteiger partial charge in [-0.15, -0.1) is 0 Å². The van der Waals surface area contributed by atoms with Crippen molar-refractivity contribution in [1.29, 1.82) is 0 Å². The molecule has 0 unspecified atom stereocenters. The van der Waals surface area contributed by atoms with Gasteiger partial charge >= 0.3 is 6.03 Å². The minimum Gasteiger partial charge on any atom is -0.337 e. The number of rotatable bonds is 8. The standard InChI is InChI=1S/C30H29FN4O3/c1-33-25-19-35(29(37)27(25)28(32-30(33)38)23-12-14-24(31)15-13-23)20-26(36)34(18-22-10-6-3-7-11-22)17-16-21-8-4-2-5-9-21/h2-15,28H,16-20H2,1H3,(H,32,38)/t28-/m0/s1. The highest BCUT2D eigenvalue weighted by Crippen LogP contribution is 2.35. The molecule has 3 aromatic rings. The van der Waals surface area contributed by atoms with Gasteiger partial charge in [-0.05, 0) is 35.2 Å². The van der Waals surface area contributed by atoms with Crippen molar-refractivity contribution < 1.29 is 18.8 Å². The van der Waals surface area contributed by atoms with Crippen molar-refractivity contribution in [1.82, 2.24) is 20.0 Å². The Morgan fingerprint density at radius 2 is 1.58 bits per heavy atom. The molecule has 1 atom stereocenters. The molecule has 0 spiro atoms. The van der Waals surface area contributed by atoms with E-state index in [4.69, 9.17) is 0 Å². The maximum Gasteiger partial charge on any atom is 0.322 e. The lowest BCUT2D eigenvalue weighted by atomic mass is 9.96. The molecular formula is C30H29FN4O3. The quantitative estimate of drug-likeness (QED) is 0.498. The first-order valence-electron chi connectivity index (χ1n) is 12.6. The Bertz CT molecular complexity index is 1360. The Kier molecular flexibility index (Phi) is 7.22. The minimum absolute atomic E-state index is 0.106. The number of benzene rings is 3. The van der Waals surface area contributed by atoms with Crippen LogP contribution in [-0.2, 0) is 22.6 Å². The van der Waals surface area contributed by atoms with Gasteiger partial charge in [0, 0.05) is 20.1 Å². The van der Waals surface area contributed by atoms with Crippen LogP contribution in [0.5, 0.6) is 0 Å². The number of amides is 4. The maximum atomic E-state index is 13.6. The highest BCUT2D eigenvalue weighted by atomic mass is 19.1. The molecule has 0 saturated carbocycles. The lowest BCUT2D eigenvalue weighted by Crippen LogP contribution is -2.45. The summed E-state index contributed by atoms with van der Waals surface area (Å²) in [5.41, 5.74) is 3.70. The molecule has 2 aliphatic rings. The van der Waals surface area contributed by atoms with Crippen LogP contribution in [0.2, 0.25) is 0 Å². The van der Waals surface area contributed by atoms with Gasteiger partial charge in [-0.2, -0.15) is 0 Å². The second kappa shape index (κ2) is 10.9. The van der Waals surface area contributed by atoms with E-state index in [0.717, 1.165) is 11.1 Å². The second-order valence-corrected chi connectivity index (χ2v) is 9.55. The van der Waals surface area contributed by atoms with Gasteiger partial charge in [0.05, 0.1) is 23.9 Å². The third kappa shape index (κ3) is 5.29. The Morgan fingerprint density at radius 1 is 0.947 bits per heavy atom. The second-order valence-electron chi connectivity index (χ2n) is 9.55. The summed E-state index contributed by atoms with van der Waals surface area (Å²) in [5.74, 6) is -0.878. The van der Waals surface area contributed by atoms with E-state index in [1.54, 1.807) is 24.1 Å². The van der Waals surface area contributed by atoms with Crippen molar-refractivity contribution in [2.75, 3.05) is 26.7 Å². The smallest absolute Gasteiger partial charge is 0.322 e. The zero-order valence-electron chi connectivity index (χ0n) is 21.1. The first kappa shape index (κ1) is 25.2. The van der Waals surface area contributed by atoms with Crippen LogP contribution in [-0.4, -0.2) is 59.2 Å². The number of halogens is 1. The molecule has 0 radical (unpaired) electrons. The average molecular weight is 513 g/mol. The van der Waals surface area contributed by atoms with Gasteiger partial charge in [0.1, 0.15) is 12.4 Å². The SMILES string of the molecule is CN1C(=O)N[C@@H](c2ccc(F)cc2)C2=C1CN(CC(=O)N(CCc1ccccc1)Cc1ccccc1)C2=O. The van der Waals surface area contributed by atoms with Gasteiger partial charge in [-0.1, -0.05) is 72.8 Å². The number of carbonyl (C=O) groups is 3. The molecule has 7 nitrogen and oxygen atoms in total. The van der Waals surface area contributed by atoms with Crippen LogP contribution in [0.15, 0.2) is 96.2 Å². The molecule has 4 amide bonds. The molecule has 38 heavy (non-hydrogen) atoms. The lowest BCUT2D eigenvalue weighted by molar-refractivity contribution is -0.138. The van der Waals surface area contributed by atoms with Crippen molar-refractivity contribution in [3.8, 4) is 0 Å². The molecule has 194 valence electrons. The molecule has 8 heteroatoms. The first-order valence-corrected chi connectivity index (χ1v) is 12.6. The largest absolute Gasteiger partial charge is 0.337 e. The predicted molar refractivity (Wildman–Crippen MR) is 141 cm³/mol. The molecule has 5 rings (SSSR count). The van der Waals surface area contributed by atoms with Gasteiger partial charge in [-0.3, -0.25) is 14.5 Å². The van der Waals surface area contributed by atoms with E-state index in [0.29, 0.717) is 36.3 Å². The van der Waals surface area contributed by atoms with Crippen molar-refractivity contribution >= 4 is 17.8 Å². The van der Waals surface area contributed by atoms with Crippen molar-refractivity contribution in [2.45, 2.75) is 19.0 Å². The van der Waals surface area contributed by atoms with Crippen LogP contribution in [0.25, 0.3) is 0 Å². The fourth-order valence-electron chi connectivity index (χ4n) is 4.92. The Labute approximate surface area is 221 Å². The number of carbonyl (C=O) groups excluding carboxylic acids is 3. The third-order valence-electron chi connectivity index (χ3n) is 7.05. The van der Waals surface area contributed by atoms with E-state index in [1.165, 1.54) is 21.9 Å². The third-order valence-corrected chi connectivity index (χ3v) is 7.05. The van der Waals surface area contributed by atoms with Crippen LogP contribution >= 0.6 is 0 Å². The Hall–Kier alpha value is -4.46. The molecule has 2 heterocycles. The first-order chi connectivity index (χ1) is 18.4. The normalized spacial score (nSPS) is 16.9. The van der Waals surface area contributed by atoms with Crippen LogP contribution in [0.1, 0.15) is 22.7 Å². The van der Waals surface area contributed by atoms with E-state index in [9.17, 15) is 18.8 Å². The number of hydrogen-bond donors (Lipinski definition) is 1. The molecule has 0 fully saturated rings. The van der Waals surface area contributed by atoms with E-state index in [-0.39, 0.29) is 30.9 Å². The summed E-state index contributed by atoms with van der Waals surface area (Å²) < 4.78 is 13.5. The highest BCUT2D eigenvalue weighted by molar-refractivity contribution is 6.02. The Morgan fingerprint density at radius 3 is 2.24 bits per heavy atom. The van der Waals surface area contributed by atoms with Crippen molar-refractivity contribution in [3.05, 3.63) is 119 Å². The molecule has 0 saturated heterocycles. The summed E-state index contributed by atoms with van der Waals surface area (Å²) in [6, 6.07) is 24.4. The van der Waals surface area contributed by atoms with Crippen LogP contribution in [0, 0.1) is 5.82 Å². The van der Waals surface area contributed by atoms with Crippen LogP contribution in [0.3, 0.4) is 0 Å². The summed E-state index contributed by atoms with van der Waals surface area (Å²) in [6.45, 7) is 0.982. The fraction of sp³-hybridized carbons (Fsp3) is 0.233. The van der Waals surface area contributed by atoms with Gasteiger partial charge < -0.3 is 15.1 Å². The average Bonchev–Trinajstić information content (AvgIpc) is 3.26. The van der Waals surface area contributed by atoms with Gasteiger partial charge in [0.2, 0.25) is 5.91 Å². The molecule has 0 aliphatic carbocycles. The molecule has 1 N–H and O–H groups in total. The summed E-state index contributed by atoms with van der Waals surface area (Å²) in [5, 5.41) is 2.84. The summed E-state index contributed by atoms with van der Waals surface area (Å²) in [4.78, 5) is 44.5. The molecule has 2 aliphatic heterocycles. The van der Waals surface area contributed by atoms with Crippen LogP contribution in [0.4, 0.5) is 9.18 Å². The summed E-state index contributed by atoms with van der Waals surface area (Å²) >= 11 is 0. The topological polar surface area (TPSA) is 73.0 Å². The molecule has 0 bridgehead atoms. The van der Waals surface area contributed by atoms with Crippen molar-refractivity contribution in [3.63, 3.8) is 0 Å². The van der Waals surface area contributed by atoms with E-state index in [1.807, 2.05) is 60.7 Å². The van der Waals surface area contributed by atoms with Gasteiger partial charge in [0.15, 0.2) is 0 Å². The van der Waals surface area contributed by atoms with Gasteiger partial charge in [-0.25, -0.2) is 9.18 Å². The lowest BCUT2D eigenvalue weighted by Gasteiger charge is -2.31.